The second kappa shape index (κ2) is 10.5. The number of halogens is 1. The Kier molecular flexibility index (Phi) is 7.27. The van der Waals surface area contributed by atoms with E-state index in [4.69, 9.17) is 4.74 Å². The number of hydrogen-bond donors (Lipinski definition) is 1. The molecule has 6 nitrogen and oxygen atoms in total. The Morgan fingerprint density at radius 3 is 2.56 bits per heavy atom. The molecule has 1 unspecified atom stereocenters. The predicted octanol–water partition coefficient (Wildman–Crippen LogP) is 5.30. The third-order valence-corrected chi connectivity index (χ3v) is 6.46. The van der Waals surface area contributed by atoms with Gasteiger partial charge in [0.05, 0.1) is 19.3 Å². The fraction of sp³-hybridized carbons (Fsp3) is 0.192. The van der Waals surface area contributed by atoms with Crippen LogP contribution in [0.25, 0.3) is 0 Å². The third-order valence-electron chi connectivity index (χ3n) is 5.27. The molecule has 174 valence electrons. The van der Waals surface area contributed by atoms with E-state index >= 15 is 0 Å². The van der Waals surface area contributed by atoms with E-state index in [1.165, 1.54) is 23.9 Å². The first-order valence-electron chi connectivity index (χ1n) is 10.7. The summed E-state index contributed by atoms with van der Waals surface area (Å²) < 4.78 is 18.5. The van der Waals surface area contributed by atoms with Crippen LogP contribution in [0.15, 0.2) is 77.8 Å². The summed E-state index contributed by atoms with van der Waals surface area (Å²) in [6.07, 6.45) is 0.0329. The van der Waals surface area contributed by atoms with Gasteiger partial charge in [-0.3, -0.25) is 14.5 Å². The molecule has 0 saturated carbocycles. The number of carbonyl (C=O) groups excluding carboxylic acids is 2. The average molecular weight is 478 g/mol. The van der Waals surface area contributed by atoms with Crippen LogP contribution in [0.2, 0.25) is 0 Å². The zero-order valence-electron chi connectivity index (χ0n) is 18.8. The van der Waals surface area contributed by atoms with Gasteiger partial charge < -0.3 is 10.1 Å². The van der Waals surface area contributed by atoms with Crippen molar-refractivity contribution in [2.75, 3.05) is 12.4 Å². The summed E-state index contributed by atoms with van der Waals surface area (Å²) >= 11 is 1.24. The lowest BCUT2D eigenvalue weighted by Crippen LogP contribution is -2.44. The molecule has 0 aliphatic carbocycles. The summed E-state index contributed by atoms with van der Waals surface area (Å²) in [5, 5.41) is 2.68. The van der Waals surface area contributed by atoms with Crippen molar-refractivity contribution in [1.82, 2.24) is 4.90 Å². The van der Waals surface area contributed by atoms with Crippen molar-refractivity contribution >= 4 is 40.1 Å². The fourth-order valence-corrected chi connectivity index (χ4v) is 4.58. The van der Waals surface area contributed by atoms with Gasteiger partial charge in [-0.05, 0) is 66.6 Å². The largest absolute Gasteiger partial charge is 0.497 e. The molecule has 0 radical (unpaired) electrons. The molecule has 0 spiro atoms. The van der Waals surface area contributed by atoms with Crippen molar-refractivity contribution < 1.29 is 18.7 Å². The number of rotatable bonds is 6. The molecule has 3 aromatic carbocycles. The summed E-state index contributed by atoms with van der Waals surface area (Å²) in [4.78, 5) is 32.3. The highest BCUT2D eigenvalue weighted by Crippen LogP contribution is 2.31. The molecule has 4 rings (SSSR count). The van der Waals surface area contributed by atoms with E-state index < -0.39 is 5.25 Å². The molecule has 8 heteroatoms. The number of nitrogens with zero attached hydrogens (tertiary/aromatic N) is 2. The quantitative estimate of drug-likeness (QED) is 0.523. The molecule has 1 heterocycles. The molecule has 1 saturated heterocycles. The van der Waals surface area contributed by atoms with Gasteiger partial charge in [0.25, 0.3) is 0 Å². The van der Waals surface area contributed by atoms with Crippen LogP contribution in [-0.4, -0.2) is 34.2 Å². The minimum absolute atomic E-state index is 0.0329. The summed E-state index contributed by atoms with van der Waals surface area (Å²) in [5.41, 5.74) is 3.10. The maximum Gasteiger partial charge on any atom is 0.238 e. The summed E-state index contributed by atoms with van der Waals surface area (Å²) in [6.45, 7) is 2.18. The monoisotopic (exact) mass is 477 g/mol. The highest BCUT2D eigenvalue weighted by Gasteiger charge is 2.36. The molecule has 0 aromatic heterocycles. The maximum absolute atomic E-state index is 13.3. The highest BCUT2D eigenvalue weighted by atomic mass is 32.2. The second-order valence-corrected chi connectivity index (χ2v) is 9.04. The van der Waals surface area contributed by atoms with Gasteiger partial charge in [-0.25, -0.2) is 9.38 Å². The topological polar surface area (TPSA) is 71.0 Å². The Morgan fingerprint density at radius 1 is 1.15 bits per heavy atom. The van der Waals surface area contributed by atoms with E-state index in [1.54, 1.807) is 48.4 Å². The lowest BCUT2D eigenvalue weighted by Gasteiger charge is -2.32. The number of nitrogens with one attached hydrogen (secondary N) is 1. The molecule has 34 heavy (non-hydrogen) atoms. The van der Waals surface area contributed by atoms with Gasteiger partial charge >= 0.3 is 0 Å². The number of hydrogen-bond acceptors (Lipinski definition) is 5. The molecule has 3 aromatic rings. The number of aliphatic imine (C=N–C) groups is 1. The predicted molar refractivity (Wildman–Crippen MR) is 133 cm³/mol. The first-order valence-corrected chi connectivity index (χ1v) is 11.6. The van der Waals surface area contributed by atoms with Crippen LogP contribution >= 0.6 is 11.8 Å². The van der Waals surface area contributed by atoms with E-state index in [9.17, 15) is 14.0 Å². The van der Waals surface area contributed by atoms with Crippen molar-refractivity contribution in [3.8, 4) is 5.75 Å². The van der Waals surface area contributed by atoms with Crippen molar-refractivity contribution in [2.24, 2.45) is 4.99 Å². The number of carbonyl (C=O) groups is 2. The van der Waals surface area contributed by atoms with Gasteiger partial charge in [0, 0.05) is 12.1 Å². The van der Waals surface area contributed by atoms with Crippen LogP contribution in [-0.2, 0) is 16.1 Å². The van der Waals surface area contributed by atoms with Gasteiger partial charge in [0.2, 0.25) is 11.8 Å². The number of amidine groups is 1. The Labute approximate surface area is 201 Å². The van der Waals surface area contributed by atoms with Gasteiger partial charge in [0.15, 0.2) is 5.17 Å². The first kappa shape index (κ1) is 23.5. The number of methoxy groups -OCH3 is 1. The molecule has 2 amide bonds. The van der Waals surface area contributed by atoms with Crippen LogP contribution in [0.3, 0.4) is 0 Å². The number of anilines is 1. The zero-order chi connectivity index (χ0) is 24.1. The van der Waals surface area contributed by atoms with Crippen LogP contribution < -0.4 is 10.1 Å². The van der Waals surface area contributed by atoms with Crippen molar-refractivity contribution in [3.63, 3.8) is 0 Å². The number of benzene rings is 3. The van der Waals surface area contributed by atoms with Crippen molar-refractivity contribution in [3.05, 3.63) is 89.7 Å². The normalized spacial score (nSPS) is 17.0. The molecule has 1 N–H and O–H groups in total. The van der Waals surface area contributed by atoms with Crippen LogP contribution in [0.4, 0.5) is 15.8 Å². The number of aryl methyl sites for hydroxylation is 1. The first-order chi connectivity index (χ1) is 16.4. The minimum Gasteiger partial charge on any atom is -0.497 e. The lowest BCUT2D eigenvalue weighted by atomic mass is 10.2. The van der Waals surface area contributed by atoms with E-state index in [1.807, 2.05) is 31.2 Å². The Bertz CT molecular complexity index is 1210. The summed E-state index contributed by atoms with van der Waals surface area (Å²) in [7, 11) is 1.58. The van der Waals surface area contributed by atoms with E-state index in [0.717, 1.165) is 11.1 Å². The van der Waals surface area contributed by atoms with Gasteiger partial charge in [-0.15, -0.1) is 0 Å². The van der Waals surface area contributed by atoms with E-state index in [-0.39, 0.29) is 30.6 Å². The van der Waals surface area contributed by atoms with Crippen molar-refractivity contribution in [2.45, 2.75) is 25.1 Å². The van der Waals surface area contributed by atoms with Gasteiger partial charge in [-0.2, -0.15) is 0 Å². The van der Waals surface area contributed by atoms with Crippen LogP contribution in [0.1, 0.15) is 17.5 Å². The van der Waals surface area contributed by atoms with Crippen molar-refractivity contribution in [1.29, 1.82) is 0 Å². The van der Waals surface area contributed by atoms with E-state index in [0.29, 0.717) is 22.3 Å². The SMILES string of the molecule is COc1ccc(N=C2SC(C(=O)Nc3cccc(C)c3)CC(=O)N2Cc2ccc(F)cc2)cc1. The van der Waals surface area contributed by atoms with Crippen LogP contribution in [0.5, 0.6) is 5.75 Å². The average Bonchev–Trinajstić information content (AvgIpc) is 2.83. The van der Waals surface area contributed by atoms with Gasteiger partial charge in [-0.1, -0.05) is 36.0 Å². The molecular weight excluding hydrogens is 453 g/mol. The van der Waals surface area contributed by atoms with Gasteiger partial charge in [0.1, 0.15) is 16.8 Å². The lowest BCUT2D eigenvalue weighted by molar-refractivity contribution is -0.129. The molecule has 0 bridgehead atoms. The smallest absolute Gasteiger partial charge is 0.238 e. The molecule has 1 aliphatic rings. The summed E-state index contributed by atoms with van der Waals surface area (Å²) in [6, 6.07) is 20.6. The second-order valence-electron chi connectivity index (χ2n) is 7.87. The van der Waals surface area contributed by atoms with Crippen LogP contribution in [0, 0.1) is 12.7 Å². The molecule has 1 atom stereocenters. The maximum atomic E-state index is 13.3. The molecule has 1 fully saturated rings. The third kappa shape index (κ3) is 5.82. The Balaban J connectivity index is 1.60. The molecular formula is C26H24FN3O3S. The number of thioether (sulfide) groups is 1. The minimum atomic E-state index is -0.630. The standard InChI is InChI=1S/C26H24FN3O3S/c1-17-4-3-5-21(14-17)28-25(32)23-15-24(31)30(16-18-6-8-19(27)9-7-18)26(34-23)29-20-10-12-22(33-2)13-11-20/h3-14,23H,15-16H2,1-2H3,(H,28,32). The Morgan fingerprint density at radius 2 is 1.88 bits per heavy atom. The fourth-order valence-electron chi connectivity index (χ4n) is 3.48. The summed E-state index contributed by atoms with van der Waals surface area (Å²) in [5.74, 6) is -0.134. The number of ether oxygens (including phenoxy) is 1. The Hall–Kier alpha value is -3.65. The highest BCUT2D eigenvalue weighted by molar-refractivity contribution is 8.15. The van der Waals surface area contributed by atoms with E-state index in [2.05, 4.69) is 10.3 Å². The molecule has 1 aliphatic heterocycles. The zero-order valence-corrected chi connectivity index (χ0v) is 19.6. The number of amides is 2.